The molecule has 10 heteroatoms. The normalized spacial score (nSPS) is 10.7. The van der Waals surface area contributed by atoms with Crippen molar-refractivity contribution in [3.8, 4) is 23.5 Å². The van der Waals surface area contributed by atoms with Crippen molar-refractivity contribution < 1.29 is 12.8 Å². The molecule has 0 unspecified atom stereocenters. The first-order chi connectivity index (χ1) is 12.9. The number of hydrogen-bond donors (Lipinski definition) is 2. The zero-order valence-corrected chi connectivity index (χ0v) is 14.4. The van der Waals surface area contributed by atoms with E-state index in [-0.39, 0.29) is 21.8 Å². The van der Waals surface area contributed by atoms with Crippen molar-refractivity contribution in [2.75, 3.05) is 10.6 Å². The van der Waals surface area contributed by atoms with E-state index in [1.54, 1.807) is 18.2 Å². The number of nitriles is 2. The number of anilines is 1. The van der Waals surface area contributed by atoms with E-state index in [0.29, 0.717) is 4.68 Å². The smallest absolute Gasteiger partial charge is 0.290 e. The minimum Gasteiger partial charge on any atom is -0.464 e. The van der Waals surface area contributed by atoms with Gasteiger partial charge in [-0.3, -0.25) is 4.79 Å². The summed E-state index contributed by atoms with van der Waals surface area (Å²) in [6, 6.07) is 13.7. The summed E-state index contributed by atoms with van der Waals surface area (Å²) in [5, 5.41) is 18.9. The van der Waals surface area contributed by atoms with Crippen LogP contribution in [0.25, 0.3) is 11.3 Å². The zero-order valence-electron chi connectivity index (χ0n) is 13.6. The third kappa shape index (κ3) is 3.01. The van der Waals surface area contributed by atoms with Crippen LogP contribution in [0.1, 0.15) is 11.1 Å². The summed E-state index contributed by atoms with van der Waals surface area (Å²) in [5.74, 6) is -0.377. The van der Waals surface area contributed by atoms with Gasteiger partial charge in [0.15, 0.2) is 0 Å². The molecule has 3 rings (SSSR count). The molecule has 134 valence electrons. The largest absolute Gasteiger partial charge is 0.464 e. The van der Waals surface area contributed by atoms with E-state index in [1.807, 2.05) is 4.83 Å². The Hall–Kier alpha value is -4.02. The lowest BCUT2D eigenvalue weighted by Gasteiger charge is -2.16. The molecule has 3 aromatic rings. The number of nitrogens with zero attached hydrogens (tertiary/aromatic N) is 3. The quantitative estimate of drug-likeness (QED) is 0.691. The van der Waals surface area contributed by atoms with Crippen molar-refractivity contribution >= 4 is 15.8 Å². The van der Waals surface area contributed by atoms with Gasteiger partial charge in [0, 0.05) is 0 Å². The van der Waals surface area contributed by atoms with Crippen molar-refractivity contribution in [1.82, 2.24) is 4.68 Å². The topological polar surface area (TPSA) is 155 Å². The van der Waals surface area contributed by atoms with E-state index in [2.05, 4.69) is 0 Å². The van der Waals surface area contributed by atoms with Crippen molar-refractivity contribution in [2.45, 2.75) is 4.90 Å². The van der Waals surface area contributed by atoms with Crippen molar-refractivity contribution in [3.05, 3.63) is 70.2 Å². The van der Waals surface area contributed by atoms with E-state index >= 15 is 0 Å². The lowest BCUT2D eigenvalue weighted by Crippen LogP contribution is -2.37. The van der Waals surface area contributed by atoms with Gasteiger partial charge in [-0.1, -0.05) is 18.2 Å². The maximum absolute atomic E-state index is 12.7. The lowest BCUT2D eigenvalue weighted by atomic mass is 10.0. The molecule has 2 heterocycles. The SMILES string of the molecule is N#Cc1c(-c2ccco2)c(C#N)c(=O)n(NS(=O)(=O)c2ccccc2)c1N. The fourth-order valence-corrected chi connectivity index (χ4v) is 3.48. The second-order valence-electron chi connectivity index (χ2n) is 5.26. The Morgan fingerprint density at radius 1 is 1.04 bits per heavy atom. The first-order valence-corrected chi connectivity index (χ1v) is 8.89. The molecular formula is C17H11N5O4S. The number of aromatic nitrogens is 1. The van der Waals surface area contributed by atoms with Gasteiger partial charge in [0.2, 0.25) is 0 Å². The summed E-state index contributed by atoms with van der Waals surface area (Å²) in [4.78, 5) is 14.6. The summed E-state index contributed by atoms with van der Waals surface area (Å²) in [6.07, 6.45) is 1.30. The summed E-state index contributed by atoms with van der Waals surface area (Å²) in [7, 11) is -4.18. The Labute approximate surface area is 153 Å². The molecule has 9 nitrogen and oxygen atoms in total. The van der Waals surface area contributed by atoms with Crippen molar-refractivity contribution in [1.29, 1.82) is 10.5 Å². The van der Waals surface area contributed by atoms with Crippen LogP contribution in [0, 0.1) is 22.7 Å². The average Bonchev–Trinajstić information content (AvgIpc) is 3.20. The highest BCUT2D eigenvalue weighted by atomic mass is 32.2. The van der Waals surface area contributed by atoms with E-state index in [4.69, 9.17) is 10.2 Å². The van der Waals surface area contributed by atoms with E-state index in [9.17, 15) is 23.7 Å². The number of nitrogens with one attached hydrogen (secondary N) is 1. The number of furan rings is 1. The first kappa shape index (κ1) is 17.8. The van der Waals surface area contributed by atoms with Gasteiger partial charge in [0.05, 0.1) is 16.7 Å². The minimum atomic E-state index is -4.18. The molecule has 0 aliphatic heterocycles. The predicted octanol–water partition coefficient (Wildman–Crippen LogP) is 1.37. The van der Waals surface area contributed by atoms with E-state index < -0.39 is 27.0 Å². The molecule has 27 heavy (non-hydrogen) atoms. The van der Waals surface area contributed by atoms with Crippen LogP contribution in [0.4, 0.5) is 5.82 Å². The number of sulfonamides is 1. The maximum Gasteiger partial charge on any atom is 0.290 e. The van der Waals surface area contributed by atoms with Gasteiger partial charge in [-0.05, 0) is 24.3 Å². The third-order valence-electron chi connectivity index (χ3n) is 3.67. The molecule has 0 spiro atoms. The van der Waals surface area contributed by atoms with Crippen molar-refractivity contribution in [2.24, 2.45) is 0 Å². The maximum atomic E-state index is 12.7. The first-order valence-electron chi connectivity index (χ1n) is 7.41. The Morgan fingerprint density at radius 2 is 1.70 bits per heavy atom. The van der Waals surface area contributed by atoms with Crippen molar-refractivity contribution in [3.63, 3.8) is 0 Å². The van der Waals surface area contributed by atoms with E-state index in [1.165, 1.54) is 42.7 Å². The van der Waals surface area contributed by atoms with Crippen LogP contribution < -0.4 is 16.1 Å². The standard InChI is InChI=1S/C17H11N5O4S/c18-9-12-15(14-7-4-8-26-14)13(10-19)17(23)22(16(12)20)21-27(24,25)11-5-2-1-3-6-11/h1-8,21H,20H2. The van der Waals surface area contributed by atoms with E-state index in [0.717, 1.165) is 0 Å². The molecule has 0 bridgehead atoms. The third-order valence-corrected chi connectivity index (χ3v) is 4.99. The predicted molar refractivity (Wildman–Crippen MR) is 95.2 cm³/mol. The summed E-state index contributed by atoms with van der Waals surface area (Å²) >= 11 is 0. The molecule has 2 aromatic heterocycles. The van der Waals surface area contributed by atoms with Gasteiger partial charge in [-0.15, -0.1) is 0 Å². The van der Waals surface area contributed by atoms with Gasteiger partial charge in [0.25, 0.3) is 15.6 Å². The molecule has 0 aliphatic carbocycles. The van der Waals surface area contributed by atoms with Gasteiger partial charge < -0.3 is 10.2 Å². The number of nitrogen functional groups attached to an aromatic ring is 1. The molecule has 0 aliphatic rings. The number of pyridine rings is 1. The number of nitrogens with two attached hydrogens (primary N) is 1. The Morgan fingerprint density at radius 3 is 2.26 bits per heavy atom. The number of hydrogen-bond acceptors (Lipinski definition) is 7. The Balaban J connectivity index is 2.27. The summed E-state index contributed by atoms with van der Waals surface area (Å²) < 4.78 is 30.7. The van der Waals surface area contributed by atoms with Crippen LogP contribution in [-0.2, 0) is 10.0 Å². The molecular weight excluding hydrogens is 370 g/mol. The second kappa shape index (κ2) is 6.71. The van der Waals surface area contributed by atoms with Gasteiger partial charge >= 0.3 is 0 Å². The fourth-order valence-electron chi connectivity index (χ4n) is 2.44. The van der Waals surface area contributed by atoms with Crippen LogP contribution in [0.3, 0.4) is 0 Å². The average molecular weight is 381 g/mol. The summed E-state index contributed by atoms with van der Waals surface area (Å²) in [5.41, 5.74) is 4.00. The van der Waals surface area contributed by atoms with Gasteiger partial charge in [0.1, 0.15) is 34.8 Å². The van der Waals surface area contributed by atoms with Gasteiger partial charge in [-0.25, -0.2) is 4.83 Å². The molecule has 0 radical (unpaired) electrons. The number of rotatable bonds is 4. The molecule has 0 fully saturated rings. The molecule has 1 aromatic carbocycles. The molecule has 0 atom stereocenters. The molecule has 3 N–H and O–H groups in total. The zero-order chi connectivity index (χ0) is 19.6. The highest BCUT2D eigenvalue weighted by molar-refractivity contribution is 7.92. The monoisotopic (exact) mass is 381 g/mol. The van der Waals surface area contributed by atoms with Gasteiger partial charge in [-0.2, -0.15) is 23.6 Å². The minimum absolute atomic E-state index is 0.0879. The number of benzene rings is 1. The Bertz CT molecular complexity index is 1250. The van der Waals surface area contributed by atoms with Crippen LogP contribution >= 0.6 is 0 Å². The van der Waals surface area contributed by atoms with Crippen LogP contribution in [0.5, 0.6) is 0 Å². The van der Waals surface area contributed by atoms with Crippen LogP contribution in [0.2, 0.25) is 0 Å². The second-order valence-corrected chi connectivity index (χ2v) is 6.92. The Kier molecular flexibility index (Phi) is 4.42. The van der Waals surface area contributed by atoms with Crippen LogP contribution in [-0.4, -0.2) is 13.1 Å². The molecule has 0 saturated carbocycles. The lowest BCUT2D eigenvalue weighted by molar-refractivity contribution is 0.581. The molecule has 0 amide bonds. The highest BCUT2D eigenvalue weighted by Crippen LogP contribution is 2.29. The highest BCUT2D eigenvalue weighted by Gasteiger charge is 2.25. The molecule has 0 saturated heterocycles. The van der Waals surface area contributed by atoms with Crippen LogP contribution in [0.15, 0.2) is 62.8 Å². The fraction of sp³-hybridized carbons (Fsp3) is 0. The summed E-state index contributed by atoms with van der Waals surface area (Å²) in [6.45, 7) is 0.